The molecule has 10 heteroatoms. The van der Waals surface area contributed by atoms with Crippen LogP contribution < -0.4 is 5.32 Å². The maximum absolute atomic E-state index is 12.9. The zero-order valence-corrected chi connectivity index (χ0v) is 20.3. The lowest BCUT2D eigenvalue weighted by atomic mass is 10.0. The molecule has 1 aromatic carbocycles. The van der Waals surface area contributed by atoms with Gasteiger partial charge in [0.15, 0.2) is 14.2 Å². The lowest BCUT2D eigenvalue weighted by Crippen LogP contribution is -2.43. The lowest BCUT2D eigenvalue weighted by molar-refractivity contribution is -0.130. The van der Waals surface area contributed by atoms with Crippen LogP contribution >= 0.6 is 23.1 Å². The van der Waals surface area contributed by atoms with Crippen molar-refractivity contribution in [3.8, 4) is 0 Å². The van der Waals surface area contributed by atoms with Gasteiger partial charge in [-0.25, -0.2) is 8.42 Å². The monoisotopic (exact) mass is 480 g/mol. The average Bonchev–Trinajstić information content (AvgIpc) is 3.37. The number of rotatable bonds is 9. The summed E-state index contributed by atoms with van der Waals surface area (Å²) in [4.78, 5) is 14.7. The molecule has 2 fully saturated rings. The number of benzene rings is 1. The van der Waals surface area contributed by atoms with Crippen molar-refractivity contribution >= 4 is 49.7 Å². The normalized spacial score (nSPS) is 20.0. The van der Waals surface area contributed by atoms with Crippen LogP contribution in [-0.4, -0.2) is 58.8 Å². The second-order valence-electron chi connectivity index (χ2n) is 8.03. The zero-order chi connectivity index (χ0) is 22.0. The Morgan fingerprint density at radius 2 is 1.87 bits per heavy atom. The molecule has 1 atom stereocenters. The van der Waals surface area contributed by atoms with Gasteiger partial charge in [-0.2, -0.15) is 0 Å². The number of anilines is 2. The molecule has 0 spiro atoms. The van der Waals surface area contributed by atoms with Crippen molar-refractivity contribution in [3.05, 3.63) is 29.3 Å². The Morgan fingerprint density at radius 3 is 2.45 bits per heavy atom. The van der Waals surface area contributed by atoms with E-state index in [-0.39, 0.29) is 35.2 Å². The van der Waals surface area contributed by atoms with Crippen molar-refractivity contribution in [2.75, 3.05) is 22.6 Å². The minimum atomic E-state index is -3.01. The highest BCUT2D eigenvalue weighted by molar-refractivity contribution is 8.01. The van der Waals surface area contributed by atoms with E-state index in [0.29, 0.717) is 11.6 Å². The molecule has 0 bridgehead atoms. The molecular formula is C21H28N4O3S3. The highest BCUT2D eigenvalue weighted by Gasteiger charge is 2.41. The average molecular weight is 481 g/mol. The molecule has 2 heterocycles. The number of hydrogen-bond acceptors (Lipinski definition) is 8. The van der Waals surface area contributed by atoms with Crippen molar-refractivity contribution < 1.29 is 13.2 Å². The van der Waals surface area contributed by atoms with Gasteiger partial charge in [0.1, 0.15) is 0 Å². The molecule has 1 aliphatic carbocycles. The number of nitrogens with zero attached hydrogens (tertiary/aromatic N) is 3. The third-order valence-electron chi connectivity index (χ3n) is 5.79. The molecule has 0 radical (unpaired) electrons. The Balaban J connectivity index is 1.39. The van der Waals surface area contributed by atoms with Crippen LogP contribution in [0.1, 0.15) is 44.2 Å². The molecule has 1 amide bonds. The van der Waals surface area contributed by atoms with Crippen molar-refractivity contribution in [2.45, 2.75) is 62.4 Å². The number of thioether (sulfide) groups is 1. The summed E-state index contributed by atoms with van der Waals surface area (Å²) < 4.78 is 24.5. The molecule has 1 unspecified atom stereocenters. The Bertz CT molecular complexity index is 1030. The van der Waals surface area contributed by atoms with Crippen LogP contribution in [0, 0.1) is 0 Å². The van der Waals surface area contributed by atoms with Gasteiger partial charge in [-0.05, 0) is 43.2 Å². The van der Waals surface area contributed by atoms with Crippen LogP contribution in [0.4, 0.5) is 10.8 Å². The first-order valence-electron chi connectivity index (χ1n) is 10.8. The van der Waals surface area contributed by atoms with Gasteiger partial charge >= 0.3 is 0 Å². The minimum Gasteiger partial charge on any atom is -0.335 e. The Morgan fingerprint density at radius 1 is 1.16 bits per heavy atom. The van der Waals surface area contributed by atoms with Crippen molar-refractivity contribution in [1.82, 2.24) is 15.1 Å². The Kier molecular flexibility index (Phi) is 6.88. The number of carbonyl (C=O) groups is 1. The van der Waals surface area contributed by atoms with Crippen molar-refractivity contribution in [2.24, 2.45) is 0 Å². The highest BCUT2D eigenvalue weighted by Crippen LogP contribution is 2.35. The SMILES string of the molecule is CCc1cccc(CC)c1Nc1nnc(SCC(=O)N(C2CC2)C2CCS(=O)(=O)C2)s1. The van der Waals surface area contributed by atoms with Crippen LogP contribution in [-0.2, 0) is 27.5 Å². The first kappa shape index (κ1) is 22.5. The van der Waals surface area contributed by atoms with Crippen LogP contribution in [0.5, 0.6) is 0 Å². The lowest BCUT2D eigenvalue weighted by Gasteiger charge is -2.28. The van der Waals surface area contributed by atoms with E-state index < -0.39 is 9.84 Å². The zero-order valence-electron chi connectivity index (χ0n) is 17.8. The van der Waals surface area contributed by atoms with E-state index >= 15 is 0 Å². The minimum absolute atomic E-state index is 0.00362. The first-order chi connectivity index (χ1) is 14.9. The fraction of sp³-hybridized carbons (Fsp3) is 0.571. The summed E-state index contributed by atoms with van der Waals surface area (Å²) in [5.41, 5.74) is 3.58. The van der Waals surface area contributed by atoms with Gasteiger partial charge in [-0.1, -0.05) is 55.1 Å². The highest BCUT2D eigenvalue weighted by atomic mass is 32.2. The van der Waals surface area contributed by atoms with Crippen molar-refractivity contribution in [1.29, 1.82) is 0 Å². The maximum Gasteiger partial charge on any atom is 0.233 e. The fourth-order valence-electron chi connectivity index (χ4n) is 4.08. The molecule has 1 saturated heterocycles. The summed E-state index contributed by atoms with van der Waals surface area (Å²) in [5, 5.41) is 12.6. The first-order valence-corrected chi connectivity index (χ1v) is 14.4. The summed E-state index contributed by atoms with van der Waals surface area (Å²) in [6, 6.07) is 6.35. The number of hydrogen-bond donors (Lipinski definition) is 1. The molecule has 31 heavy (non-hydrogen) atoms. The molecule has 4 rings (SSSR count). The molecule has 1 N–H and O–H groups in total. The van der Waals surface area contributed by atoms with Crippen LogP contribution in [0.2, 0.25) is 0 Å². The molecule has 2 aromatic rings. The number of para-hydroxylation sites is 1. The molecular weight excluding hydrogens is 452 g/mol. The van der Waals surface area contributed by atoms with Gasteiger partial charge in [0.25, 0.3) is 0 Å². The predicted octanol–water partition coefficient (Wildman–Crippen LogP) is 3.68. The molecule has 168 valence electrons. The van der Waals surface area contributed by atoms with Crippen LogP contribution in [0.3, 0.4) is 0 Å². The fourth-order valence-corrected chi connectivity index (χ4v) is 7.42. The third-order valence-corrected chi connectivity index (χ3v) is 9.49. The van der Waals surface area contributed by atoms with Gasteiger partial charge in [0, 0.05) is 17.8 Å². The molecule has 1 aromatic heterocycles. The Hall–Kier alpha value is -1.65. The van der Waals surface area contributed by atoms with E-state index in [2.05, 4.69) is 47.6 Å². The summed E-state index contributed by atoms with van der Waals surface area (Å²) in [7, 11) is -3.01. The molecule has 2 aliphatic rings. The number of nitrogens with one attached hydrogen (secondary N) is 1. The molecule has 1 aliphatic heterocycles. The van der Waals surface area contributed by atoms with E-state index in [4.69, 9.17) is 0 Å². The summed E-state index contributed by atoms with van der Waals surface area (Å²) in [6.45, 7) is 4.27. The van der Waals surface area contributed by atoms with Crippen molar-refractivity contribution in [3.63, 3.8) is 0 Å². The maximum atomic E-state index is 12.9. The standard InChI is InChI=1S/C21H28N4O3S3/c1-3-14-6-5-7-15(4-2)19(14)22-20-23-24-21(30-20)29-12-18(26)25(16-8-9-16)17-10-11-31(27,28)13-17/h5-7,16-17H,3-4,8-13H2,1-2H3,(H,22,23). The summed E-state index contributed by atoms with van der Waals surface area (Å²) >= 11 is 2.82. The van der Waals surface area contributed by atoms with Crippen LogP contribution in [0.25, 0.3) is 0 Å². The topological polar surface area (TPSA) is 92.3 Å². The number of aryl methyl sites for hydroxylation is 2. The van der Waals surface area contributed by atoms with Crippen LogP contribution in [0.15, 0.2) is 22.5 Å². The quantitative estimate of drug-likeness (QED) is 0.547. The second kappa shape index (κ2) is 9.46. The third kappa shape index (κ3) is 5.40. The number of amides is 1. The number of aromatic nitrogens is 2. The molecule has 1 saturated carbocycles. The largest absolute Gasteiger partial charge is 0.335 e. The van der Waals surface area contributed by atoms with E-state index in [0.717, 1.165) is 35.7 Å². The van der Waals surface area contributed by atoms with Gasteiger partial charge in [-0.15, -0.1) is 10.2 Å². The van der Waals surface area contributed by atoms with Gasteiger partial charge in [0.05, 0.1) is 17.3 Å². The summed E-state index contributed by atoms with van der Waals surface area (Å²) in [5.74, 6) is 0.548. The number of carbonyl (C=O) groups excluding carboxylic acids is 1. The Labute approximate surface area is 191 Å². The van der Waals surface area contributed by atoms with Gasteiger partial charge in [-0.3, -0.25) is 4.79 Å². The smallest absolute Gasteiger partial charge is 0.233 e. The van der Waals surface area contributed by atoms with Gasteiger partial charge < -0.3 is 10.2 Å². The van der Waals surface area contributed by atoms with E-state index in [1.807, 2.05) is 4.90 Å². The van der Waals surface area contributed by atoms with Gasteiger partial charge in [0.2, 0.25) is 11.0 Å². The van der Waals surface area contributed by atoms with E-state index in [1.54, 1.807) is 0 Å². The summed E-state index contributed by atoms with van der Waals surface area (Å²) in [6.07, 6.45) is 4.35. The molecule has 7 nitrogen and oxygen atoms in total. The van der Waals surface area contributed by atoms with E-state index in [9.17, 15) is 13.2 Å². The second-order valence-corrected chi connectivity index (χ2v) is 12.5. The number of sulfone groups is 1. The van der Waals surface area contributed by atoms with E-state index in [1.165, 1.54) is 34.2 Å². The predicted molar refractivity (Wildman–Crippen MR) is 126 cm³/mol.